The molecule has 2 unspecified atom stereocenters. The minimum atomic E-state index is -0.495. The highest BCUT2D eigenvalue weighted by molar-refractivity contribution is 5.83. The smallest absolute Gasteiger partial charge is 0.407 e. The number of alkyl carbamates (subject to hydrolysis) is 1. The number of nitrogens with one attached hydrogen (secondary N) is 2. The lowest BCUT2D eigenvalue weighted by atomic mass is 10.2. The van der Waals surface area contributed by atoms with Gasteiger partial charge in [0.25, 0.3) is 0 Å². The molecule has 2 amide bonds. The molecule has 0 aliphatic carbocycles. The van der Waals surface area contributed by atoms with Crippen LogP contribution < -0.4 is 10.6 Å². The van der Waals surface area contributed by atoms with E-state index in [0.29, 0.717) is 6.54 Å². The fourth-order valence-electron chi connectivity index (χ4n) is 1.93. The van der Waals surface area contributed by atoms with Crippen LogP contribution in [0.3, 0.4) is 0 Å². The summed E-state index contributed by atoms with van der Waals surface area (Å²) in [5.74, 6) is 0.115. The summed E-state index contributed by atoms with van der Waals surface area (Å²) in [6.07, 6.45) is 0.377. The predicted octanol–water partition coefficient (Wildman–Crippen LogP) is 0.720. The second kappa shape index (κ2) is 6.23. The molecule has 2 atom stereocenters. The molecule has 6 nitrogen and oxygen atoms in total. The first-order valence-electron chi connectivity index (χ1n) is 6.67. The lowest BCUT2D eigenvalue weighted by Crippen LogP contribution is -2.47. The zero-order chi connectivity index (χ0) is 14.6. The van der Waals surface area contributed by atoms with Gasteiger partial charge in [-0.15, -0.1) is 0 Å². The molecule has 1 heterocycles. The number of nitrogens with zero attached hydrogens (tertiary/aromatic N) is 1. The molecule has 1 saturated heterocycles. The van der Waals surface area contributed by atoms with Gasteiger partial charge < -0.3 is 20.3 Å². The van der Waals surface area contributed by atoms with E-state index in [1.54, 1.807) is 11.9 Å². The average molecular weight is 271 g/mol. The summed E-state index contributed by atoms with van der Waals surface area (Å²) in [6.45, 7) is 8.61. The van der Waals surface area contributed by atoms with Crippen LogP contribution in [0.15, 0.2) is 0 Å². The third-order valence-electron chi connectivity index (χ3n) is 2.86. The van der Waals surface area contributed by atoms with Crippen molar-refractivity contribution >= 4 is 12.0 Å². The van der Waals surface area contributed by atoms with Gasteiger partial charge >= 0.3 is 6.09 Å². The molecule has 6 heteroatoms. The highest BCUT2D eigenvalue weighted by atomic mass is 16.6. The van der Waals surface area contributed by atoms with Gasteiger partial charge in [0.15, 0.2) is 0 Å². The summed E-state index contributed by atoms with van der Waals surface area (Å²) in [7, 11) is 1.80. The number of likely N-dealkylation sites (tertiary alicyclic amines) is 1. The van der Waals surface area contributed by atoms with Gasteiger partial charge in [0.05, 0.1) is 6.04 Å². The van der Waals surface area contributed by atoms with Gasteiger partial charge in [-0.05, 0) is 34.1 Å². The maximum atomic E-state index is 11.7. The van der Waals surface area contributed by atoms with Crippen molar-refractivity contribution in [2.75, 3.05) is 20.1 Å². The summed E-state index contributed by atoms with van der Waals surface area (Å²) < 4.78 is 5.14. The number of carbonyl (C=O) groups is 2. The van der Waals surface area contributed by atoms with Crippen molar-refractivity contribution in [2.45, 2.75) is 51.8 Å². The van der Waals surface area contributed by atoms with Gasteiger partial charge in [-0.1, -0.05) is 0 Å². The number of likely N-dealkylation sites (N-methyl/N-ethyl adjacent to an activating group) is 1. The van der Waals surface area contributed by atoms with Crippen LogP contribution >= 0.6 is 0 Å². The van der Waals surface area contributed by atoms with Crippen LogP contribution in [0.4, 0.5) is 4.79 Å². The van der Waals surface area contributed by atoms with Crippen LogP contribution in [0.1, 0.15) is 34.1 Å². The van der Waals surface area contributed by atoms with Crippen LogP contribution in [0.5, 0.6) is 0 Å². The van der Waals surface area contributed by atoms with Crippen molar-refractivity contribution in [2.24, 2.45) is 0 Å². The maximum absolute atomic E-state index is 11.7. The molecule has 0 bridgehead atoms. The maximum Gasteiger partial charge on any atom is 0.407 e. The zero-order valence-corrected chi connectivity index (χ0v) is 12.4. The van der Waals surface area contributed by atoms with E-state index < -0.39 is 11.7 Å². The molecule has 1 aliphatic heterocycles. The van der Waals surface area contributed by atoms with E-state index in [2.05, 4.69) is 10.6 Å². The van der Waals surface area contributed by atoms with Gasteiger partial charge in [0.2, 0.25) is 5.91 Å². The fraction of sp³-hybridized carbons (Fsp3) is 0.846. The molecule has 1 fully saturated rings. The second-order valence-corrected chi connectivity index (χ2v) is 6.05. The largest absolute Gasteiger partial charge is 0.444 e. The van der Waals surface area contributed by atoms with Crippen molar-refractivity contribution in [3.8, 4) is 0 Å². The lowest BCUT2D eigenvalue weighted by molar-refractivity contribution is -0.128. The molecule has 0 radical (unpaired) electrons. The molecule has 110 valence electrons. The molecular formula is C13H25N3O3. The van der Waals surface area contributed by atoms with Crippen molar-refractivity contribution < 1.29 is 14.3 Å². The first kappa shape index (κ1) is 15.8. The van der Waals surface area contributed by atoms with Crippen LogP contribution in [-0.2, 0) is 9.53 Å². The Kier molecular flexibility index (Phi) is 5.17. The molecule has 0 aromatic heterocycles. The molecule has 2 N–H and O–H groups in total. The normalized spacial score (nSPS) is 21.4. The van der Waals surface area contributed by atoms with E-state index in [0.717, 1.165) is 13.0 Å². The second-order valence-electron chi connectivity index (χ2n) is 6.05. The highest BCUT2D eigenvalue weighted by Crippen LogP contribution is 2.09. The van der Waals surface area contributed by atoms with Crippen LogP contribution in [0.25, 0.3) is 0 Å². The third-order valence-corrected chi connectivity index (χ3v) is 2.86. The van der Waals surface area contributed by atoms with Crippen molar-refractivity contribution in [1.82, 2.24) is 15.5 Å². The Morgan fingerprint density at radius 3 is 2.63 bits per heavy atom. The predicted molar refractivity (Wildman–Crippen MR) is 72.9 cm³/mol. The zero-order valence-electron chi connectivity index (χ0n) is 12.4. The SMILES string of the molecule is CC(CNC(=O)OC(C)(C)C)NC1CCN(C)C1=O. The van der Waals surface area contributed by atoms with Crippen LogP contribution in [0, 0.1) is 0 Å². The minimum Gasteiger partial charge on any atom is -0.444 e. The fourth-order valence-corrected chi connectivity index (χ4v) is 1.93. The van der Waals surface area contributed by atoms with Gasteiger partial charge in [-0.25, -0.2) is 4.79 Å². The summed E-state index contributed by atoms with van der Waals surface area (Å²) in [5.41, 5.74) is -0.495. The number of carbonyl (C=O) groups excluding carboxylic acids is 2. The Labute approximate surface area is 114 Å². The standard InChI is InChI=1S/C13H25N3O3/c1-9(8-14-12(18)19-13(2,3)4)15-10-6-7-16(5)11(10)17/h9-10,15H,6-8H2,1-5H3,(H,14,18). The Balaban J connectivity index is 2.27. The number of hydrogen-bond donors (Lipinski definition) is 2. The molecule has 1 aliphatic rings. The first-order chi connectivity index (χ1) is 8.69. The van der Waals surface area contributed by atoms with Crippen molar-refractivity contribution in [3.05, 3.63) is 0 Å². The molecule has 0 aromatic carbocycles. The number of rotatable bonds is 4. The van der Waals surface area contributed by atoms with Gasteiger partial charge in [-0.2, -0.15) is 0 Å². The molecule has 0 aromatic rings. The van der Waals surface area contributed by atoms with Gasteiger partial charge in [-0.3, -0.25) is 4.79 Å². The number of amides is 2. The summed E-state index contributed by atoms with van der Waals surface area (Å²) in [4.78, 5) is 24.9. The average Bonchev–Trinajstić information content (AvgIpc) is 2.56. The number of ether oxygens (including phenoxy) is 1. The van der Waals surface area contributed by atoms with E-state index in [1.807, 2.05) is 27.7 Å². The van der Waals surface area contributed by atoms with Crippen molar-refractivity contribution in [3.63, 3.8) is 0 Å². The summed E-state index contributed by atoms with van der Waals surface area (Å²) in [6, 6.07) is -0.117. The van der Waals surface area contributed by atoms with Crippen LogP contribution in [-0.4, -0.2) is 54.7 Å². The Hall–Kier alpha value is -1.30. The lowest BCUT2D eigenvalue weighted by Gasteiger charge is -2.22. The molecular weight excluding hydrogens is 246 g/mol. The summed E-state index contributed by atoms with van der Waals surface area (Å²) >= 11 is 0. The van der Waals surface area contributed by atoms with Crippen molar-refractivity contribution in [1.29, 1.82) is 0 Å². The monoisotopic (exact) mass is 271 g/mol. The van der Waals surface area contributed by atoms with E-state index in [4.69, 9.17) is 4.74 Å². The van der Waals surface area contributed by atoms with Crippen LogP contribution in [0.2, 0.25) is 0 Å². The molecule has 1 rings (SSSR count). The quantitative estimate of drug-likeness (QED) is 0.790. The molecule has 0 saturated carbocycles. The minimum absolute atomic E-state index is 0.0213. The summed E-state index contributed by atoms with van der Waals surface area (Å²) in [5, 5.41) is 5.91. The highest BCUT2D eigenvalue weighted by Gasteiger charge is 2.29. The Bertz CT molecular complexity index is 339. The molecule has 19 heavy (non-hydrogen) atoms. The van der Waals surface area contributed by atoms with E-state index >= 15 is 0 Å². The third kappa shape index (κ3) is 5.46. The van der Waals surface area contributed by atoms with E-state index in [-0.39, 0.29) is 18.0 Å². The topological polar surface area (TPSA) is 70.7 Å². The Morgan fingerprint density at radius 2 is 2.16 bits per heavy atom. The van der Waals surface area contributed by atoms with Gasteiger partial charge in [0.1, 0.15) is 5.60 Å². The number of hydrogen-bond acceptors (Lipinski definition) is 4. The van der Waals surface area contributed by atoms with Gasteiger partial charge in [0, 0.05) is 26.2 Å². The first-order valence-corrected chi connectivity index (χ1v) is 6.67. The van der Waals surface area contributed by atoms with E-state index in [9.17, 15) is 9.59 Å². The Morgan fingerprint density at radius 1 is 1.53 bits per heavy atom. The van der Waals surface area contributed by atoms with E-state index in [1.165, 1.54) is 0 Å². The molecule has 0 spiro atoms.